The van der Waals surface area contributed by atoms with Gasteiger partial charge in [-0.2, -0.15) is 27.1 Å². The van der Waals surface area contributed by atoms with Gasteiger partial charge in [0.15, 0.2) is 11.3 Å². The van der Waals surface area contributed by atoms with Gasteiger partial charge in [-0.3, -0.25) is 9.59 Å². The number of alkyl halides is 7. The van der Waals surface area contributed by atoms with Crippen molar-refractivity contribution in [1.82, 2.24) is 19.6 Å². The number of primary amides is 1. The topological polar surface area (TPSA) is 115 Å². The van der Waals surface area contributed by atoms with Gasteiger partial charge in [-0.1, -0.05) is 0 Å². The fourth-order valence-electron chi connectivity index (χ4n) is 4.05. The maximum Gasteiger partial charge on any atom is 0.459 e. The molecule has 0 atom stereocenters. The molecule has 0 saturated carbocycles. The van der Waals surface area contributed by atoms with Gasteiger partial charge in [0.25, 0.3) is 18.2 Å². The first-order chi connectivity index (χ1) is 19.1. The number of fused-ring (bicyclic) bond motifs is 2. The van der Waals surface area contributed by atoms with Crippen LogP contribution in [0.5, 0.6) is 0 Å². The van der Waals surface area contributed by atoms with Crippen molar-refractivity contribution < 1.29 is 40.3 Å². The third-order valence-electron chi connectivity index (χ3n) is 5.84. The average Bonchev–Trinajstić information content (AvgIpc) is 3.59. The number of aromatic nitrogens is 4. The number of halogens is 7. The number of carbonyl (C=O) groups is 2. The van der Waals surface area contributed by atoms with E-state index in [-0.39, 0.29) is 36.6 Å². The third-order valence-corrected chi connectivity index (χ3v) is 7.97. The zero-order valence-corrected chi connectivity index (χ0v) is 22.2. The number of amides is 2. The van der Waals surface area contributed by atoms with E-state index in [4.69, 9.17) is 5.73 Å². The summed E-state index contributed by atoms with van der Waals surface area (Å²) in [6.07, 6.45) is -8.93. The number of nitrogens with zero attached hydrogens (tertiary/aromatic N) is 4. The molecule has 0 aliphatic carbocycles. The molecule has 3 N–H and O–H groups in total. The van der Waals surface area contributed by atoms with Crippen LogP contribution in [0.25, 0.3) is 26.3 Å². The second-order valence-corrected chi connectivity index (χ2v) is 11.1. The summed E-state index contributed by atoms with van der Waals surface area (Å²) in [7, 11) is 0. The number of hydrogen-bond donors (Lipinski definition) is 2. The van der Waals surface area contributed by atoms with Crippen molar-refractivity contribution in [1.29, 1.82) is 0 Å². The molecule has 2 amide bonds. The summed E-state index contributed by atoms with van der Waals surface area (Å²) in [5.74, 6) is -7.49. The molecule has 0 aromatic carbocycles. The van der Waals surface area contributed by atoms with Crippen LogP contribution in [0.1, 0.15) is 48.5 Å². The molecule has 214 valence electrons. The molecule has 5 aromatic rings. The number of hydrogen-bond acceptors (Lipinski definition) is 7. The van der Waals surface area contributed by atoms with Crippen molar-refractivity contribution in [2.45, 2.75) is 32.4 Å². The molecule has 8 nitrogen and oxygen atoms in total. The molecular formula is C24H15F7N6O2S2. The number of thiophene rings is 2. The fourth-order valence-corrected chi connectivity index (χ4v) is 5.96. The zero-order valence-electron chi connectivity index (χ0n) is 20.6. The van der Waals surface area contributed by atoms with Gasteiger partial charge in [0.1, 0.15) is 21.1 Å². The van der Waals surface area contributed by atoms with Crippen molar-refractivity contribution in [2.24, 2.45) is 5.73 Å². The quantitative estimate of drug-likeness (QED) is 0.208. The van der Waals surface area contributed by atoms with Crippen molar-refractivity contribution in [3.63, 3.8) is 0 Å². The lowest BCUT2D eigenvalue weighted by atomic mass is 10.1. The Kier molecular flexibility index (Phi) is 6.76. The molecule has 5 heterocycles. The van der Waals surface area contributed by atoms with Crippen LogP contribution in [-0.4, -0.2) is 37.6 Å². The van der Waals surface area contributed by atoms with Crippen LogP contribution in [0.2, 0.25) is 0 Å². The molecule has 0 aliphatic rings. The van der Waals surface area contributed by atoms with E-state index in [1.807, 2.05) is 0 Å². The highest BCUT2D eigenvalue weighted by Gasteiger charge is 2.60. The molecule has 0 fully saturated rings. The Morgan fingerprint density at radius 3 is 2.32 bits per heavy atom. The van der Waals surface area contributed by atoms with E-state index in [9.17, 15) is 40.3 Å². The van der Waals surface area contributed by atoms with E-state index in [1.165, 1.54) is 18.3 Å². The monoisotopic (exact) mass is 616 g/mol. The van der Waals surface area contributed by atoms with Crippen LogP contribution in [0.15, 0.2) is 30.3 Å². The molecule has 0 aliphatic heterocycles. The van der Waals surface area contributed by atoms with E-state index in [1.54, 1.807) is 19.1 Å². The maximum atomic E-state index is 14.3. The first kappa shape index (κ1) is 28.4. The number of nitrogens with one attached hydrogen (secondary N) is 1. The summed E-state index contributed by atoms with van der Waals surface area (Å²) in [6, 6.07) is 5.86. The van der Waals surface area contributed by atoms with Crippen LogP contribution in [-0.2, 0) is 5.92 Å². The number of anilines is 1. The van der Waals surface area contributed by atoms with Gasteiger partial charge in [-0.25, -0.2) is 23.3 Å². The Labute approximate surface area is 232 Å². The molecule has 0 unspecified atom stereocenters. The second kappa shape index (κ2) is 9.76. The Balaban J connectivity index is 1.67. The molecule has 5 aromatic heterocycles. The summed E-state index contributed by atoms with van der Waals surface area (Å²) < 4.78 is 95.5. The van der Waals surface area contributed by atoms with Gasteiger partial charge in [-0.05, 0) is 38.1 Å². The normalized spacial score (nSPS) is 12.5. The van der Waals surface area contributed by atoms with Crippen LogP contribution in [0.4, 0.5) is 36.4 Å². The van der Waals surface area contributed by atoms with Gasteiger partial charge in [0.2, 0.25) is 0 Å². The molecular weight excluding hydrogens is 601 g/mol. The van der Waals surface area contributed by atoms with E-state index >= 15 is 0 Å². The minimum atomic E-state index is -5.96. The Morgan fingerprint density at radius 2 is 1.73 bits per heavy atom. The Morgan fingerprint density at radius 1 is 1.02 bits per heavy atom. The minimum Gasteiger partial charge on any atom is -0.365 e. The van der Waals surface area contributed by atoms with Gasteiger partial charge in [-0.15, -0.1) is 22.7 Å². The number of rotatable bonds is 6. The van der Waals surface area contributed by atoms with Crippen molar-refractivity contribution in [2.75, 3.05) is 5.32 Å². The van der Waals surface area contributed by atoms with Gasteiger partial charge < -0.3 is 11.1 Å². The maximum absolute atomic E-state index is 14.3. The molecule has 0 bridgehead atoms. The number of nitrogens with two attached hydrogens (primary N) is 1. The number of aryl methyl sites for hydroxylation is 2. The Hall–Kier alpha value is -4.12. The summed E-state index contributed by atoms with van der Waals surface area (Å²) >= 11 is 1.88. The highest BCUT2D eigenvalue weighted by atomic mass is 32.1. The smallest absolute Gasteiger partial charge is 0.365 e. The van der Waals surface area contributed by atoms with Crippen LogP contribution in [0, 0.1) is 13.8 Å². The lowest BCUT2D eigenvalue weighted by molar-refractivity contribution is -0.291. The predicted octanol–water partition coefficient (Wildman–Crippen LogP) is 6.63. The standard InChI is InChI=1S/C24H15F7N6O2S2/c1-8-5-14(23(27,28)24(29,30)31)37-15(33-8)7-12(36-37)21(39)35-17-16-10(13-4-3-9(2)40-13)6-11(19(25)26)34-22(16)41-18(17)20(32)38/h3-7,19H,1-2H3,(H2,32,38)(H,35,39). The highest BCUT2D eigenvalue weighted by molar-refractivity contribution is 7.21. The molecule has 5 rings (SSSR count). The van der Waals surface area contributed by atoms with Gasteiger partial charge >= 0.3 is 12.1 Å². The lowest BCUT2D eigenvalue weighted by Gasteiger charge is -2.20. The Bertz CT molecular complexity index is 1860. The van der Waals surface area contributed by atoms with Crippen LogP contribution < -0.4 is 11.1 Å². The lowest BCUT2D eigenvalue weighted by Crippen LogP contribution is -2.36. The van der Waals surface area contributed by atoms with Crippen molar-refractivity contribution in [3.8, 4) is 10.4 Å². The third kappa shape index (κ3) is 4.88. The van der Waals surface area contributed by atoms with E-state index < -0.39 is 53.1 Å². The predicted molar refractivity (Wildman–Crippen MR) is 137 cm³/mol. The summed E-state index contributed by atoms with van der Waals surface area (Å²) in [5, 5.41) is 6.12. The fraction of sp³-hybridized carbons (Fsp3) is 0.208. The molecule has 0 radical (unpaired) electrons. The van der Waals surface area contributed by atoms with Crippen LogP contribution >= 0.6 is 22.7 Å². The SMILES string of the molecule is Cc1cc(C(F)(F)C(F)(F)F)n2nc(C(=O)Nc3c(C(N)=O)sc4nc(C(F)F)cc(-c5ccc(C)s5)c34)cc2n1. The summed E-state index contributed by atoms with van der Waals surface area (Å²) in [5.41, 5.74) is 2.05. The van der Waals surface area contributed by atoms with E-state index in [2.05, 4.69) is 20.4 Å². The van der Waals surface area contributed by atoms with Crippen LogP contribution in [0.3, 0.4) is 0 Å². The largest absolute Gasteiger partial charge is 0.459 e. The first-order valence-electron chi connectivity index (χ1n) is 11.3. The summed E-state index contributed by atoms with van der Waals surface area (Å²) in [6.45, 7) is 2.97. The van der Waals surface area contributed by atoms with Crippen molar-refractivity contribution in [3.05, 3.63) is 62.9 Å². The second-order valence-electron chi connectivity index (χ2n) is 8.76. The molecule has 0 spiro atoms. The van der Waals surface area contributed by atoms with E-state index in [0.29, 0.717) is 22.3 Å². The van der Waals surface area contributed by atoms with Crippen molar-refractivity contribution >= 4 is 56.0 Å². The minimum absolute atomic E-state index is 0.0487. The first-order valence-corrected chi connectivity index (χ1v) is 13.0. The number of pyridine rings is 1. The zero-order chi connectivity index (χ0) is 30.0. The van der Waals surface area contributed by atoms with E-state index in [0.717, 1.165) is 17.0 Å². The molecule has 41 heavy (non-hydrogen) atoms. The number of carbonyl (C=O) groups excluding carboxylic acids is 2. The summed E-state index contributed by atoms with van der Waals surface area (Å²) in [4.78, 5) is 34.4. The molecule has 0 saturated heterocycles. The average molecular weight is 617 g/mol. The highest BCUT2D eigenvalue weighted by Crippen LogP contribution is 2.45. The van der Waals surface area contributed by atoms with Gasteiger partial charge in [0, 0.05) is 32.5 Å². The van der Waals surface area contributed by atoms with Gasteiger partial charge in [0.05, 0.1) is 5.69 Å². The molecule has 17 heteroatoms.